The average molecular weight is 429 g/mol. The minimum Gasteiger partial charge on any atom is -0.325 e. The van der Waals surface area contributed by atoms with Crippen molar-refractivity contribution in [1.29, 1.82) is 0 Å². The van der Waals surface area contributed by atoms with E-state index in [9.17, 15) is 4.79 Å². The van der Waals surface area contributed by atoms with Crippen LogP contribution < -0.4 is 5.32 Å². The van der Waals surface area contributed by atoms with Crippen LogP contribution in [-0.4, -0.2) is 25.9 Å². The molecule has 0 bridgehead atoms. The van der Waals surface area contributed by atoms with Crippen LogP contribution in [0.1, 0.15) is 33.3 Å². The Morgan fingerprint density at radius 2 is 1.76 bits per heavy atom. The van der Waals surface area contributed by atoms with Gasteiger partial charge < -0.3 is 9.88 Å². The first-order valence-electron chi connectivity index (χ1n) is 9.39. The number of halogens is 1. The molecule has 3 rings (SSSR count). The molecule has 0 radical (unpaired) electrons. The van der Waals surface area contributed by atoms with Crippen molar-refractivity contribution in [3.63, 3.8) is 0 Å². The maximum Gasteiger partial charge on any atom is 0.237 e. The highest BCUT2D eigenvalue weighted by molar-refractivity contribution is 8.00. The summed E-state index contributed by atoms with van der Waals surface area (Å²) >= 11 is 7.63. The second-order valence-corrected chi connectivity index (χ2v) is 9.64. The van der Waals surface area contributed by atoms with Gasteiger partial charge in [-0.2, -0.15) is 0 Å². The van der Waals surface area contributed by atoms with Crippen molar-refractivity contribution in [3.8, 4) is 11.4 Å². The van der Waals surface area contributed by atoms with Crippen molar-refractivity contribution >= 4 is 35.0 Å². The molecule has 0 saturated carbocycles. The number of aromatic nitrogens is 3. The molecule has 1 unspecified atom stereocenters. The highest BCUT2D eigenvalue weighted by atomic mass is 35.5. The van der Waals surface area contributed by atoms with Crippen molar-refractivity contribution in [2.45, 2.75) is 43.5 Å². The third-order valence-corrected chi connectivity index (χ3v) is 6.08. The van der Waals surface area contributed by atoms with Crippen molar-refractivity contribution in [2.75, 3.05) is 5.32 Å². The standard InChI is InChI=1S/C22H25ClN4OS/c1-14(20(28)24-16-12-10-15(11-13-16)22(2,3)4)29-21-26-25-19(27(21)5)17-8-6-7-9-18(17)23/h6-14H,1-5H3,(H,24,28). The summed E-state index contributed by atoms with van der Waals surface area (Å²) < 4.78 is 1.85. The van der Waals surface area contributed by atoms with Crippen molar-refractivity contribution in [3.05, 3.63) is 59.1 Å². The predicted octanol–water partition coefficient (Wildman–Crippen LogP) is 5.55. The zero-order valence-corrected chi connectivity index (χ0v) is 18.8. The lowest BCUT2D eigenvalue weighted by Gasteiger charge is -2.19. The predicted molar refractivity (Wildman–Crippen MR) is 121 cm³/mol. The van der Waals surface area contributed by atoms with E-state index >= 15 is 0 Å². The fourth-order valence-electron chi connectivity index (χ4n) is 2.80. The Kier molecular flexibility index (Phi) is 6.34. The molecule has 7 heteroatoms. The van der Waals surface area contributed by atoms with Gasteiger partial charge in [0.1, 0.15) is 0 Å². The van der Waals surface area contributed by atoms with Gasteiger partial charge in [0, 0.05) is 18.3 Å². The lowest BCUT2D eigenvalue weighted by atomic mass is 9.87. The van der Waals surface area contributed by atoms with E-state index in [0.29, 0.717) is 16.0 Å². The van der Waals surface area contributed by atoms with Gasteiger partial charge in [-0.15, -0.1) is 10.2 Å². The fraction of sp³-hybridized carbons (Fsp3) is 0.318. The van der Waals surface area contributed by atoms with Crippen LogP contribution in [0.2, 0.25) is 5.02 Å². The number of amides is 1. The molecule has 0 aliphatic carbocycles. The molecular weight excluding hydrogens is 404 g/mol. The lowest BCUT2D eigenvalue weighted by Crippen LogP contribution is -2.23. The van der Waals surface area contributed by atoms with Gasteiger partial charge in [0.25, 0.3) is 0 Å². The number of benzene rings is 2. The molecule has 1 heterocycles. The Labute approximate surface area is 180 Å². The largest absolute Gasteiger partial charge is 0.325 e. The Hall–Kier alpha value is -2.31. The van der Waals surface area contributed by atoms with Crippen molar-refractivity contribution in [2.24, 2.45) is 7.05 Å². The van der Waals surface area contributed by atoms with Gasteiger partial charge in [0.2, 0.25) is 5.91 Å². The molecular formula is C22H25ClN4OS. The van der Waals surface area contributed by atoms with Crippen LogP contribution in [0.3, 0.4) is 0 Å². The number of rotatable bonds is 5. The third kappa shape index (κ3) is 5.00. The smallest absolute Gasteiger partial charge is 0.237 e. The second kappa shape index (κ2) is 8.59. The number of carbonyl (C=O) groups is 1. The average Bonchev–Trinajstić information content (AvgIpc) is 3.02. The second-order valence-electron chi connectivity index (χ2n) is 7.92. The van der Waals surface area contributed by atoms with Gasteiger partial charge in [0.05, 0.1) is 10.3 Å². The monoisotopic (exact) mass is 428 g/mol. The minimum absolute atomic E-state index is 0.0796. The van der Waals surface area contributed by atoms with Crippen LogP contribution >= 0.6 is 23.4 Å². The normalized spacial score (nSPS) is 12.6. The van der Waals surface area contributed by atoms with Gasteiger partial charge in [-0.05, 0) is 42.2 Å². The number of thioether (sulfide) groups is 1. The van der Waals surface area contributed by atoms with Crippen LogP contribution in [0, 0.1) is 0 Å². The number of hydrogen-bond acceptors (Lipinski definition) is 4. The minimum atomic E-state index is -0.334. The summed E-state index contributed by atoms with van der Waals surface area (Å²) in [6.07, 6.45) is 0. The SMILES string of the molecule is CC(Sc1nnc(-c2ccccc2Cl)n1C)C(=O)Nc1ccc(C(C)(C)C)cc1. The molecule has 0 aliphatic rings. The molecule has 2 aromatic carbocycles. The number of nitrogens with one attached hydrogen (secondary N) is 1. The molecule has 0 fully saturated rings. The summed E-state index contributed by atoms with van der Waals surface area (Å²) in [5, 5.41) is 12.4. The van der Waals surface area contributed by atoms with E-state index in [0.717, 1.165) is 11.3 Å². The number of nitrogens with zero attached hydrogens (tertiary/aromatic N) is 3. The topological polar surface area (TPSA) is 59.8 Å². The van der Waals surface area contributed by atoms with Crippen LogP contribution in [-0.2, 0) is 17.3 Å². The molecule has 0 spiro atoms. The van der Waals surface area contributed by atoms with E-state index in [2.05, 4.69) is 36.3 Å². The summed E-state index contributed by atoms with van der Waals surface area (Å²) in [4.78, 5) is 12.6. The van der Waals surface area contributed by atoms with E-state index in [4.69, 9.17) is 11.6 Å². The quantitative estimate of drug-likeness (QED) is 0.541. The zero-order chi connectivity index (χ0) is 21.2. The third-order valence-electron chi connectivity index (χ3n) is 4.62. The molecule has 152 valence electrons. The summed E-state index contributed by atoms with van der Waals surface area (Å²) in [6.45, 7) is 8.35. The first-order valence-corrected chi connectivity index (χ1v) is 10.6. The van der Waals surface area contributed by atoms with Crippen LogP contribution in [0.15, 0.2) is 53.7 Å². The fourth-order valence-corrected chi connectivity index (χ4v) is 3.84. The first kappa shape index (κ1) is 21.4. The van der Waals surface area contributed by atoms with Crippen molar-refractivity contribution < 1.29 is 4.79 Å². The summed E-state index contributed by atoms with van der Waals surface area (Å²) in [6, 6.07) is 15.5. The van der Waals surface area contributed by atoms with Gasteiger partial charge in [-0.3, -0.25) is 4.79 Å². The Balaban J connectivity index is 1.68. The molecule has 5 nitrogen and oxygen atoms in total. The lowest BCUT2D eigenvalue weighted by molar-refractivity contribution is -0.115. The van der Waals surface area contributed by atoms with Crippen LogP contribution in [0.25, 0.3) is 11.4 Å². The molecule has 1 N–H and O–H groups in total. The number of hydrogen-bond donors (Lipinski definition) is 1. The van der Waals surface area contributed by atoms with Gasteiger partial charge >= 0.3 is 0 Å². The maximum absolute atomic E-state index is 12.6. The molecule has 0 aliphatic heterocycles. The zero-order valence-electron chi connectivity index (χ0n) is 17.2. The summed E-state index contributed by atoms with van der Waals surface area (Å²) in [7, 11) is 1.87. The highest BCUT2D eigenvalue weighted by Crippen LogP contribution is 2.30. The molecule has 3 aromatic rings. The molecule has 1 amide bonds. The Morgan fingerprint density at radius 3 is 2.38 bits per heavy atom. The molecule has 1 aromatic heterocycles. The van der Waals surface area contributed by atoms with Crippen LogP contribution in [0.4, 0.5) is 5.69 Å². The summed E-state index contributed by atoms with van der Waals surface area (Å²) in [5.41, 5.74) is 2.90. The van der Waals surface area contributed by atoms with Crippen LogP contribution in [0.5, 0.6) is 0 Å². The van der Waals surface area contributed by atoms with E-state index in [1.165, 1.54) is 17.3 Å². The first-order chi connectivity index (χ1) is 13.7. The van der Waals surface area contributed by atoms with Crippen molar-refractivity contribution in [1.82, 2.24) is 14.8 Å². The number of anilines is 1. The van der Waals surface area contributed by atoms with E-state index in [1.807, 2.05) is 67.1 Å². The van der Waals surface area contributed by atoms with Gasteiger partial charge in [-0.25, -0.2) is 0 Å². The Bertz CT molecular complexity index is 1010. The Morgan fingerprint density at radius 1 is 1.10 bits per heavy atom. The molecule has 29 heavy (non-hydrogen) atoms. The van der Waals surface area contributed by atoms with E-state index < -0.39 is 0 Å². The molecule has 0 saturated heterocycles. The van der Waals surface area contributed by atoms with E-state index in [-0.39, 0.29) is 16.6 Å². The summed E-state index contributed by atoms with van der Waals surface area (Å²) in [5.74, 6) is 0.587. The maximum atomic E-state index is 12.6. The van der Waals surface area contributed by atoms with Gasteiger partial charge in [-0.1, -0.05) is 68.4 Å². The highest BCUT2D eigenvalue weighted by Gasteiger charge is 2.20. The van der Waals surface area contributed by atoms with E-state index in [1.54, 1.807) is 0 Å². The number of carbonyl (C=O) groups excluding carboxylic acids is 1. The molecule has 1 atom stereocenters. The van der Waals surface area contributed by atoms with Gasteiger partial charge in [0.15, 0.2) is 11.0 Å².